The highest BCUT2D eigenvalue weighted by Crippen LogP contribution is 2.25. The maximum Gasteiger partial charge on any atom is 0.341 e. The lowest BCUT2D eigenvalue weighted by atomic mass is 10.4. The summed E-state index contributed by atoms with van der Waals surface area (Å²) >= 11 is 1.34. The van der Waals surface area contributed by atoms with Crippen molar-refractivity contribution < 1.29 is 22.3 Å². The molecule has 3 nitrogen and oxygen atoms in total. The number of halogens is 2. The van der Waals surface area contributed by atoms with E-state index in [9.17, 15) is 17.2 Å². The topological polar surface area (TPSA) is 54.4 Å². The predicted molar refractivity (Wildman–Crippen MR) is 62.0 cm³/mol. The summed E-state index contributed by atoms with van der Waals surface area (Å²) < 4.78 is 46.7. The molecule has 17 heavy (non-hydrogen) atoms. The summed E-state index contributed by atoms with van der Waals surface area (Å²) in [7, 11) is -4.52. The van der Waals surface area contributed by atoms with Gasteiger partial charge < -0.3 is 5.11 Å². The number of thioether (sulfide) groups is 1. The highest BCUT2D eigenvalue weighted by atomic mass is 32.2. The van der Waals surface area contributed by atoms with Crippen molar-refractivity contribution in [2.75, 3.05) is 6.61 Å². The third kappa shape index (κ3) is 3.65. The quantitative estimate of drug-likeness (QED) is 0.841. The normalized spacial score (nSPS) is 13.9. The molecular weight excluding hydrogens is 270 g/mol. The average Bonchev–Trinajstić information content (AvgIpc) is 2.29. The van der Waals surface area contributed by atoms with Gasteiger partial charge in [0.05, 0.1) is 11.5 Å². The van der Waals surface area contributed by atoms with Crippen LogP contribution in [-0.2, 0) is 9.84 Å². The number of aliphatic hydroxyl groups excluding tert-OH is 1. The second kappa shape index (κ2) is 5.79. The van der Waals surface area contributed by atoms with Crippen LogP contribution in [0.25, 0.3) is 0 Å². The summed E-state index contributed by atoms with van der Waals surface area (Å²) in [6.45, 7) is 1.79. The van der Waals surface area contributed by atoms with Crippen molar-refractivity contribution in [3.8, 4) is 0 Å². The fourth-order valence-corrected chi connectivity index (χ4v) is 2.63. The Morgan fingerprint density at radius 3 is 2.24 bits per heavy atom. The molecule has 0 bridgehead atoms. The van der Waals surface area contributed by atoms with Crippen molar-refractivity contribution in [1.82, 2.24) is 0 Å². The first-order valence-electron chi connectivity index (χ1n) is 4.77. The summed E-state index contributed by atoms with van der Waals surface area (Å²) in [5.41, 5.74) is 0. The van der Waals surface area contributed by atoms with Crippen molar-refractivity contribution in [1.29, 1.82) is 0 Å². The molecule has 0 spiro atoms. The highest BCUT2D eigenvalue weighted by Gasteiger charge is 2.26. The van der Waals surface area contributed by atoms with E-state index in [0.29, 0.717) is 0 Å². The summed E-state index contributed by atoms with van der Waals surface area (Å²) in [5, 5.41) is 8.80. The summed E-state index contributed by atoms with van der Waals surface area (Å²) in [4.78, 5) is 0.327. The van der Waals surface area contributed by atoms with Gasteiger partial charge in [-0.05, 0) is 24.3 Å². The lowest BCUT2D eigenvalue weighted by Crippen LogP contribution is -2.11. The first-order valence-corrected chi connectivity index (χ1v) is 7.20. The number of hydrogen-bond acceptors (Lipinski definition) is 4. The zero-order valence-electron chi connectivity index (χ0n) is 9.01. The summed E-state index contributed by atoms with van der Waals surface area (Å²) in [6, 6.07) is 5.19. The van der Waals surface area contributed by atoms with E-state index in [0.717, 1.165) is 17.0 Å². The van der Waals surface area contributed by atoms with Crippen molar-refractivity contribution >= 4 is 21.6 Å². The maximum absolute atomic E-state index is 12.2. The van der Waals surface area contributed by atoms with Gasteiger partial charge >= 0.3 is 5.76 Å². The van der Waals surface area contributed by atoms with Crippen molar-refractivity contribution in [2.24, 2.45) is 0 Å². The van der Waals surface area contributed by atoms with E-state index < -0.39 is 20.5 Å². The van der Waals surface area contributed by atoms with Gasteiger partial charge in [0.15, 0.2) is 0 Å². The predicted octanol–water partition coefficient (Wildman–Crippen LogP) is 2.16. The van der Waals surface area contributed by atoms with E-state index >= 15 is 0 Å². The summed E-state index contributed by atoms with van der Waals surface area (Å²) in [6.07, 6.45) is 0. The fraction of sp³-hybridized carbons (Fsp3) is 0.400. The molecule has 0 amide bonds. The Morgan fingerprint density at radius 2 is 1.82 bits per heavy atom. The highest BCUT2D eigenvalue weighted by molar-refractivity contribution is 8.00. The molecule has 0 saturated heterocycles. The van der Waals surface area contributed by atoms with E-state index in [1.54, 1.807) is 6.92 Å². The van der Waals surface area contributed by atoms with Crippen LogP contribution in [0.1, 0.15) is 6.92 Å². The Hall–Kier alpha value is -0.660. The molecular formula is C10H12F2O3S2. The molecule has 1 aromatic rings. The van der Waals surface area contributed by atoms with Gasteiger partial charge in [-0.15, -0.1) is 11.8 Å². The van der Waals surface area contributed by atoms with Crippen LogP contribution in [0.4, 0.5) is 8.78 Å². The number of rotatable bonds is 5. The first-order chi connectivity index (χ1) is 7.87. The SMILES string of the molecule is C[C@H](CO)Sc1ccc(S(=O)(=O)C(F)F)cc1. The molecule has 1 aromatic carbocycles. The molecule has 96 valence electrons. The number of alkyl halides is 2. The molecule has 0 aliphatic carbocycles. The Kier molecular flexibility index (Phi) is 4.91. The number of benzene rings is 1. The maximum atomic E-state index is 12.2. The van der Waals surface area contributed by atoms with E-state index in [2.05, 4.69) is 0 Å². The minimum atomic E-state index is -4.52. The van der Waals surface area contributed by atoms with Crippen LogP contribution in [0.5, 0.6) is 0 Å². The van der Waals surface area contributed by atoms with Gasteiger partial charge in [-0.3, -0.25) is 0 Å². The fourth-order valence-electron chi connectivity index (χ4n) is 1.08. The molecule has 0 aliphatic rings. The Balaban J connectivity index is 2.89. The lowest BCUT2D eigenvalue weighted by molar-refractivity contribution is 0.234. The van der Waals surface area contributed by atoms with Crippen molar-refractivity contribution in [3.63, 3.8) is 0 Å². The second-order valence-electron chi connectivity index (χ2n) is 3.39. The van der Waals surface area contributed by atoms with Crippen LogP contribution in [0, 0.1) is 0 Å². The van der Waals surface area contributed by atoms with E-state index in [1.165, 1.54) is 23.9 Å². The Morgan fingerprint density at radius 1 is 1.29 bits per heavy atom. The molecule has 0 radical (unpaired) electrons. The third-order valence-corrected chi connectivity index (χ3v) is 4.48. The van der Waals surface area contributed by atoms with Crippen molar-refractivity contribution in [3.05, 3.63) is 24.3 Å². The van der Waals surface area contributed by atoms with Gasteiger partial charge in [-0.25, -0.2) is 8.42 Å². The van der Waals surface area contributed by atoms with Crippen LogP contribution >= 0.6 is 11.8 Å². The Labute approximate surface area is 103 Å². The Bertz CT molecular complexity index is 457. The monoisotopic (exact) mass is 282 g/mol. The van der Waals surface area contributed by atoms with Crippen molar-refractivity contribution in [2.45, 2.75) is 27.7 Å². The van der Waals surface area contributed by atoms with Crippen LogP contribution in [0.15, 0.2) is 34.1 Å². The average molecular weight is 282 g/mol. The van der Waals surface area contributed by atoms with Gasteiger partial charge in [0.25, 0.3) is 0 Å². The van der Waals surface area contributed by atoms with Gasteiger partial charge in [-0.2, -0.15) is 8.78 Å². The molecule has 0 fully saturated rings. The standard InChI is InChI=1S/C10H12F2O3S2/c1-7(6-13)16-8-2-4-9(5-3-8)17(14,15)10(11)12/h2-5,7,10,13H,6H2,1H3/t7-/m1/s1. The minimum absolute atomic E-state index is 0.0122. The second-order valence-corrected chi connectivity index (χ2v) is 6.82. The van der Waals surface area contributed by atoms with Crippen LogP contribution in [0.2, 0.25) is 0 Å². The number of sulfone groups is 1. The molecule has 1 rings (SSSR count). The van der Waals surface area contributed by atoms with Crippen LogP contribution < -0.4 is 0 Å². The number of aliphatic hydroxyl groups is 1. The molecule has 0 saturated carbocycles. The molecule has 1 atom stereocenters. The molecule has 0 aromatic heterocycles. The van der Waals surface area contributed by atoms with Gasteiger partial charge in [-0.1, -0.05) is 6.92 Å². The molecule has 0 unspecified atom stereocenters. The van der Waals surface area contributed by atoms with E-state index in [1.807, 2.05) is 0 Å². The molecule has 1 N–H and O–H groups in total. The zero-order valence-corrected chi connectivity index (χ0v) is 10.6. The van der Waals surface area contributed by atoms with Crippen LogP contribution in [0.3, 0.4) is 0 Å². The minimum Gasteiger partial charge on any atom is -0.395 e. The first kappa shape index (κ1) is 14.4. The van der Waals surface area contributed by atoms with E-state index in [4.69, 9.17) is 5.11 Å². The lowest BCUT2D eigenvalue weighted by Gasteiger charge is -2.08. The smallest absolute Gasteiger partial charge is 0.341 e. The summed E-state index contributed by atoms with van der Waals surface area (Å²) in [5.74, 6) is -3.41. The zero-order chi connectivity index (χ0) is 13.1. The number of hydrogen-bond donors (Lipinski definition) is 1. The third-order valence-electron chi connectivity index (χ3n) is 1.98. The molecule has 0 heterocycles. The van der Waals surface area contributed by atoms with Gasteiger partial charge in [0, 0.05) is 10.1 Å². The largest absolute Gasteiger partial charge is 0.395 e. The van der Waals surface area contributed by atoms with E-state index in [-0.39, 0.29) is 11.9 Å². The molecule has 0 aliphatic heterocycles. The van der Waals surface area contributed by atoms with Gasteiger partial charge in [0.2, 0.25) is 9.84 Å². The van der Waals surface area contributed by atoms with Crippen LogP contribution in [-0.4, -0.2) is 31.1 Å². The molecule has 7 heteroatoms. The van der Waals surface area contributed by atoms with Gasteiger partial charge in [0.1, 0.15) is 0 Å².